The van der Waals surface area contributed by atoms with E-state index in [0.717, 1.165) is 29.5 Å². The molecule has 1 fully saturated rings. The number of rotatable bonds is 4. The van der Waals surface area contributed by atoms with Gasteiger partial charge in [0, 0.05) is 5.56 Å². The number of aldehydes is 1. The zero-order valence-electron chi connectivity index (χ0n) is 13.1. The number of hydrogen-bond acceptors (Lipinski definition) is 4. The maximum absolute atomic E-state index is 12.8. The minimum atomic E-state index is -0.106. The first-order chi connectivity index (χ1) is 11.6. The van der Waals surface area contributed by atoms with E-state index in [9.17, 15) is 9.59 Å². The molecule has 2 aromatic rings. The van der Waals surface area contributed by atoms with E-state index < -0.39 is 0 Å². The summed E-state index contributed by atoms with van der Waals surface area (Å²) in [6, 6.07) is 14.9. The fourth-order valence-corrected chi connectivity index (χ4v) is 3.81. The molecule has 1 aliphatic rings. The highest BCUT2D eigenvalue weighted by molar-refractivity contribution is 8.27. The van der Waals surface area contributed by atoms with Crippen LogP contribution >= 0.6 is 24.0 Å². The Bertz CT molecular complexity index is 841. The molecule has 3 rings (SSSR count). The molecule has 0 saturated carbocycles. The van der Waals surface area contributed by atoms with Crippen molar-refractivity contribution < 1.29 is 9.59 Å². The number of benzene rings is 2. The number of amides is 1. The molecule has 2 aromatic carbocycles. The molecule has 24 heavy (non-hydrogen) atoms. The Morgan fingerprint density at radius 1 is 1.08 bits per heavy atom. The third-order valence-corrected chi connectivity index (χ3v) is 5.08. The van der Waals surface area contributed by atoms with Crippen LogP contribution in [0.15, 0.2) is 53.4 Å². The van der Waals surface area contributed by atoms with Crippen LogP contribution in [0.2, 0.25) is 0 Å². The minimum Gasteiger partial charge on any atom is -0.298 e. The van der Waals surface area contributed by atoms with Gasteiger partial charge in [0.1, 0.15) is 6.29 Å². The summed E-state index contributed by atoms with van der Waals surface area (Å²) in [5.74, 6) is -0.106. The molecule has 1 aliphatic heterocycles. The van der Waals surface area contributed by atoms with E-state index in [2.05, 4.69) is 6.92 Å². The normalized spacial score (nSPS) is 16.0. The molecule has 0 aromatic heterocycles. The Balaban J connectivity index is 1.93. The molecule has 0 aliphatic carbocycles. The fourth-order valence-electron chi connectivity index (χ4n) is 2.53. The molecule has 1 amide bonds. The lowest BCUT2D eigenvalue weighted by atomic mass is 10.1. The van der Waals surface area contributed by atoms with Gasteiger partial charge in [0.25, 0.3) is 5.91 Å². The number of thioether (sulfide) groups is 1. The van der Waals surface area contributed by atoms with E-state index >= 15 is 0 Å². The smallest absolute Gasteiger partial charge is 0.270 e. The lowest BCUT2D eigenvalue weighted by Gasteiger charge is -2.18. The predicted octanol–water partition coefficient (Wildman–Crippen LogP) is 4.47. The number of carbonyl (C=O) groups excluding carboxylic acids is 2. The van der Waals surface area contributed by atoms with Gasteiger partial charge in [-0.05, 0) is 29.7 Å². The number of carbonyl (C=O) groups is 2. The third kappa shape index (κ3) is 3.18. The minimum absolute atomic E-state index is 0.106. The molecule has 0 spiro atoms. The van der Waals surface area contributed by atoms with E-state index in [-0.39, 0.29) is 5.91 Å². The van der Waals surface area contributed by atoms with Crippen LogP contribution in [0.4, 0.5) is 5.69 Å². The van der Waals surface area contributed by atoms with Crippen molar-refractivity contribution >= 4 is 52.3 Å². The topological polar surface area (TPSA) is 37.4 Å². The summed E-state index contributed by atoms with van der Waals surface area (Å²) in [6.07, 6.45) is 3.44. The van der Waals surface area contributed by atoms with Gasteiger partial charge in [-0.2, -0.15) is 0 Å². The van der Waals surface area contributed by atoms with E-state index in [1.165, 1.54) is 11.8 Å². The van der Waals surface area contributed by atoms with Crippen molar-refractivity contribution in [3.8, 4) is 0 Å². The predicted molar refractivity (Wildman–Crippen MR) is 103 cm³/mol. The second-order valence-corrected chi connectivity index (χ2v) is 6.96. The first-order valence-electron chi connectivity index (χ1n) is 7.55. The Labute approximate surface area is 150 Å². The highest BCUT2D eigenvalue weighted by atomic mass is 32.2. The Morgan fingerprint density at radius 3 is 2.42 bits per heavy atom. The number of thiocarbonyl (C=S) groups is 1. The van der Waals surface area contributed by atoms with Crippen molar-refractivity contribution in [1.82, 2.24) is 0 Å². The van der Waals surface area contributed by atoms with Crippen LogP contribution < -0.4 is 4.90 Å². The number of hydrogen-bond donors (Lipinski definition) is 0. The summed E-state index contributed by atoms with van der Waals surface area (Å²) in [4.78, 5) is 25.7. The summed E-state index contributed by atoms with van der Waals surface area (Å²) in [5.41, 5.74) is 3.41. The van der Waals surface area contributed by atoms with Crippen molar-refractivity contribution in [3.05, 3.63) is 70.1 Å². The second-order valence-electron chi connectivity index (χ2n) is 5.28. The quantitative estimate of drug-likeness (QED) is 0.462. The lowest BCUT2D eigenvalue weighted by molar-refractivity contribution is -0.113. The van der Waals surface area contributed by atoms with Crippen molar-refractivity contribution in [1.29, 1.82) is 0 Å². The van der Waals surface area contributed by atoms with Gasteiger partial charge in [-0.15, -0.1) is 0 Å². The SMILES string of the molecule is CCc1ccccc1N1C(=O)/C(=C\c2ccc(C=O)cc2)SC1=S. The summed E-state index contributed by atoms with van der Waals surface area (Å²) < 4.78 is 0.539. The maximum atomic E-state index is 12.8. The lowest BCUT2D eigenvalue weighted by Crippen LogP contribution is -2.28. The molecule has 0 radical (unpaired) electrons. The van der Waals surface area contributed by atoms with Gasteiger partial charge in [-0.1, -0.05) is 73.4 Å². The van der Waals surface area contributed by atoms with Gasteiger partial charge in [-0.25, -0.2) is 0 Å². The van der Waals surface area contributed by atoms with Crippen LogP contribution in [-0.2, 0) is 11.2 Å². The van der Waals surface area contributed by atoms with Crippen LogP contribution in [0.25, 0.3) is 6.08 Å². The molecule has 1 saturated heterocycles. The molecule has 0 unspecified atom stereocenters. The zero-order valence-corrected chi connectivity index (χ0v) is 14.7. The summed E-state index contributed by atoms with van der Waals surface area (Å²) in [6.45, 7) is 2.06. The molecule has 0 atom stereocenters. The average Bonchev–Trinajstić information content (AvgIpc) is 2.89. The van der Waals surface area contributed by atoms with Crippen LogP contribution in [0, 0.1) is 0 Å². The van der Waals surface area contributed by atoms with Gasteiger partial charge < -0.3 is 0 Å². The Kier molecular flexibility index (Phi) is 4.92. The summed E-state index contributed by atoms with van der Waals surface area (Å²) in [5, 5.41) is 0. The standard InChI is InChI=1S/C19H15NO2S2/c1-2-15-5-3-4-6-16(15)20-18(22)17(24-19(20)23)11-13-7-9-14(12-21)10-8-13/h3-12H,2H2,1H3/b17-11+. The third-order valence-electron chi connectivity index (χ3n) is 3.78. The molecule has 5 heteroatoms. The van der Waals surface area contributed by atoms with Crippen molar-refractivity contribution in [3.63, 3.8) is 0 Å². The largest absolute Gasteiger partial charge is 0.298 e. The second kappa shape index (κ2) is 7.11. The summed E-state index contributed by atoms with van der Waals surface area (Å²) in [7, 11) is 0. The fraction of sp³-hybridized carbons (Fsp3) is 0.105. The number of para-hydroxylation sites is 1. The first-order valence-corrected chi connectivity index (χ1v) is 8.77. The average molecular weight is 353 g/mol. The van der Waals surface area contributed by atoms with Crippen LogP contribution in [0.5, 0.6) is 0 Å². The molecule has 0 N–H and O–H groups in total. The molecular weight excluding hydrogens is 338 g/mol. The van der Waals surface area contributed by atoms with E-state index in [1.54, 1.807) is 17.0 Å². The Morgan fingerprint density at radius 2 is 1.75 bits per heavy atom. The van der Waals surface area contributed by atoms with Gasteiger partial charge in [-0.3, -0.25) is 14.5 Å². The highest BCUT2D eigenvalue weighted by Crippen LogP contribution is 2.37. The Hall–Kier alpha value is -2.24. The van der Waals surface area contributed by atoms with Gasteiger partial charge in [0.15, 0.2) is 4.32 Å². The van der Waals surface area contributed by atoms with Crippen molar-refractivity contribution in [2.75, 3.05) is 4.90 Å². The van der Waals surface area contributed by atoms with Gasteiger partial charge in [0.2, 0.25) is 0 Å². The van der Waals surface area contributed by atoms with Crippen LogP contribution in [0.1, 0.15) is 28.4 Å². The van der Waals surface area contributed by atoms with Crippen LogP contribution in [0.3, 0.4) is 0 Å². The molecule has 120 valence electrons. The van der Waals surface area contributed by atoms with E-state index in [1.807, 2.05) is 42.5 Å². The van der Waals surface area contributed by atoms with Crippen LogP contribution in [-0.4, -0.2) is 16.5 Å². The summed E-state index contributed by atoms with van der Waals surface area (Å²) >= 11 is 6.72. The maximum Gasteiger partial charge on any atom is 0.270 e. The molecular formula is C19H15NO2S2. The zero-order chi connectivity index (χ0) is 17.1. The monoisotopic (exact) mass is 353 g/mol. The number of aryl methyl sites for hydroxylation is 1. The first kappa shape index (κ1) is 16.6. The van der Waals surface area contributed by atoms with E-state index in [0.29, 0.717) is 14.8 Å². The molecule has 3 nitrogen and oxygen atoms in total. The van der Waals surface area contributed by atoms with Gasteiger partial charge >= 0.3 is 0 Å². The van der Waals surface area contributed by atoms with E-state index in [4.69, 9.17) is 12.2 Å². The molecule has 0 bridgehead atoms. The van der Waals surface area contributed by atoms with Crippen molar-refractivity contribution in [2.45, 2.75) is 13.3 Å². The highest BCUT2D eigenvalue weighted by Gasteiger charge is 2.34. The van der Waals surface area contributed by atoms with Crippen molar-refractivity contribution in [2.24, 2.45) is 0 Å². The number of anilines is 1. The molecule has 1 heterocycles. The number of nitrogens with zero attached hydrogens (tertiary/aromatic N) is 1. The van der Waals surface area contributed by atoms with Gasteiger partial charge in [0.05, 0.1) is 10.6 Å².